The Kier molecular flexibility index (Phi) is 4.96. The van der Waals surface area contributed by atoms with E-state index in [-0.39, 0.29) is 11.8 Å². The van der Waals surface area contributed by atoms with Crippen molar-refractivity contribution in [3.63, 3.8) is 0 Å². The van der Waals surface area contributed by atoms with Crippen LogP contribution in [0.4, 0.5) is 0 Å². The van der Waals surface area contributed by atoms with Gasteiger partial charge >= 0.3 is 0 Å². The zero-order chi connectivity index (χ0) is 13.7. The summed E-state index contributed by atoms with van der Waals surface area (Å²) in [5.41, 5.74) is 6.24. The molecule has 1 heterocycles. The second-order valence-corrected chi connectivity index (χ2v) is 6.01. The van der Waals surface area contributed by atoms with Crippen molar-refractivity contribution in [2.24, 2.45) is 0 Å². The molecule has 0 saturated heterocycles. The van der Waals surface area contributed by atoms with E-state index in [2.05, 4.69) is 10.9 Å². The zero-order valence-electron chi connectivity index (χ0n) is 11.3. The van der Waals surface area contributed by atoms with Gasteiger partial charge in [-0.25, -0.2) is 0 Å². The second-order valence-electron chi connectivity index (χ2n) is 4.87. The highest BCUT2D eigenvalue weighted by molar-refractivity contribution is 7.14. The van der Waals surface area contributed by atoms with E-state index < -0.39 is 0 Å². The van der Waals surface area contributed by atoms with Crippen LogP contribution in [0.5, 0.6) is 0 Å². The summed E-state index contributed by atoms with van der Waals surface area (Å²) in [5.74, 6) is -0.350. The molecule has 0 saturated carbocycles. The quantitative estimate of drug-likeness (QED) is 0.660. The predicted octanol–water partition coefficient (Wildman–Crippen LogP) is 2.58. The molecular weight excluding hydrogens is 260 g/mol. The van der Waals surface area contributed by atoms with Crippen LogP contribution in [0.15, 0.2) is 6.07 Å². The van der Waals surface area contributed by atoms with Crippen molar-refractivity contribution in [2.75, 3.05) is 0 Å². The lowest BCUT2D eigenvalue weighted by molar-refractivity contribution is -0.121. The number of thiophene rings is 1. The molecule has 0 radical (unpaired) electrons. The SMILES string of the molecule is CCCC(=O)NNC(=O)c1cc2c(s1)CCCCC2. The van der Waals surface area contributed by atoms with E-state index in [9.17, 15) is 9.59 Å². The summed E-state index contributed by atoms with van der Waals surface area (Å²) >= 11 is 1.56. The lowest BCUT2D eigenvalue weighted by Crippen LogP contribution is -2.41. The fourth-order valence-corrected chi connectivity index (χ4v) is 3.41. The number of nitrogens with one attached hydrogen (secondary N) is 2. The number of carbonyl (C=O) groups excluding carboxylic acids is 2. The minimum atomic E-state index is -0.206. The highest BCUT2D eigenvalue weighted by atomic mass is 32.1. The van der Waals surface area contributed by atoms with Gasteiger partial charge in [0, 0.05) is 11.3 Å². The molecule has 1 aromatic heterocycles. The molecule has 0 spiro atoms. The molecule has 2 N–H and O–H groups in total. The smallest absolute Gasteiger partial charge is 0.273 e. The van der Waals surface area contributed by atoms with Crippen molar-refractivity contribution in [3.05, 3.63) is 21.4 Å². The van der Waals surface area contributed by atoms with E-state index in [0.29, 0.717) is 11.3 Å². The normalized spacial score (nSPS) is 14.4. The van der Waals surface area contributed by atoms with Gasteiger partial charge in [-0.3, -0.25) is 20.4 Å². The van der Waals surface area contributed by atoms with Crippen molar-refractivity contribution in [1.29, 1.82) is 0 Å². The molecule has 0 unspecified atom stereocenters. The molecule has 104 valence electrons. The number of amides is 2. The maximum atomic E-state index is 11.9. The molecule has 5 heteroatoms. The Morgan fingerprint density at radius 1 is 1.21 bits per heavy atom. The summed E-state index contributed by atoms with van der Waals surface area (Å²) in [6.07, 6.45) is 7.04. The van der Waals surface area contributed by atoms with E-state index in [1.165, 1.54) is 29.7 Å². The van der Waals surface area contributed by atoms with Gasteiger partial charge in [0.1, 0.15) is 0 Å². The molecule has 1 aliphatic rings. The number of aryl methyl sites for hydroxylation is 2. The van der Waals surface area contributed by atoms with Gasteiger partial charge < -0.3 is 0 Å². The fourth-order valence-electron chi connectivity index (χ4n) is 2.26. The molecular formula is C14H20N2O2S. The molecule has 0 atom stereocenters. The summed E-state index contributed by atoms with van der Waals surface area (Å²) in [7, 11) is 0. The van der Waals surface area contributed by atoms with Gasteiger partial charge in [-0.2, -0.15) is 0 Å². The number of hydrogen-bond acceptors (Lipinski definition) is 3. The van der Waals surface area contributed by atoms with Gasteiger partial charge in [-0.05, 0) is 43.7 Å². The Morgan fingerprint density at radius 2 is 2.00 bits per heavy atom. The van der Waals surface area contributed by atoms with Gasteiger partial charge in [0.25, 0.3) is 5.91 Å². The molecule has 1 aliphatic carbocycles. The monoisotopic (exact) mass is 280 g/mol. The van der Waals surface area contributed by atoms with Crippen molar-refractivity contribution in [2.45, 2.75) is 51.9 Å². The molecule has 4 nitrogen and oxygen atoms in total. The first kappa shape index (κ1) is 14.1. The molecule has 0 bridgehead atoms. The summed E-state index contributed by atoms with van der Waals surface area (Å²) in [4.78, 5) is 25.3. The van der Waals surface area contributed by atoms with Crippen molar-refractivity contribution in [1.82, 2.24) is 10.9 Å². The summed E-state index contributed by atoms with van der Waals surface area (Å²) < 4.78 is 0. The van der Waals surface area contributed by atoms with Crippen LogP contribution in [0, 0.1) is 0 Å². The average Bonchev–Trinajstić information content (AvgIpc) is 2.68. The third-order valence-corrected chi connectivity index (χ3v) is 4.50. The van der Waals surface area contributed by atoms with Crippen LogP contribution in [0.2, 0.25) is 0 Å². The number of rotatable bonds is 3. The first-order valence-electron chi connectivity index (χ1n) is 6.91. The minimum absolute atomic E-state index is 0.144. The van der Waals surface area contributed by atoms with Crippen LogP contribution in [0.25, 0.3) is 0 Å². The number of hydrogen-bond donors (Lipinski definition) is 2. The van der Waals surface area contributed by atoms with Crippen LogP contribution in [-0.4, -0.2) is 11.8 Å². The largest absolute Gasteiger partial charge is 0.279 e. The fraction of sp³-hybridized carbons (Fsp3) is 0.571. The first-order chi connectivity index (χ1) is 9.20. The Balaban J connectivity index is 1.94. The van der Waals surface area contributed by atoms with Crippen LogP contribution in [0.1, 0.15) is 59.1 Å². The topological polar surface area (TPSA) is 58.2 Å². The van der Waals surface area contributed by atoms with Gasteiger partial charge in [0.15, 0.2) is 0 Å². The Labute approximate surface area is 117 Å². The summed E-state index contributed by atoms with van der Waals surface area (Å²) in [6, 6.07) is 1.98. The summed E-state index contributed by atoms with van der Waals surface area (Å²) in [6.45, 7) is 1.93. The highest BCUT2D eigenvalue weighted by Crippen LogP contribution is 2.28. The highest BCUT2D eigenvalue weighted by Gasteiger charge is 2.16. The van der Waals surface area contributed by atoms with Crippen LogP contribution < -0.4 is 10.9 Å². The van der Waals surface area contributed by atoms with Gasteiger partial charge in [0.2, 0.25) is 5.91 Å². The molecule has 2 rings (SSSR count). The van der Waals surface area contributed by atoms with E-state index in [4.69, 9.17) is 0 Å². The van der Waals surface area contributed by atoms with Crippen molar-refractivity contribution >= 4 is 23.2 Å². The minimum Gasteiger partial charge on any atom is -0.273 e. The van der Waals surface area contributed by atoms with Crippen LogP contribution in [0.3, 0.4) is 0 Å². The molecule has 0 aliphatic heterocycles. The number of carbonyl (C=O) groups is 2. The van der Waals surface area contributed by atoms with Crippen LogP contribution in [-0.2, 0) is 17.6 Å². The molecule has 0 aromatic carbocycles. The lowest BCUT2D eigenvalue weighted by Gasteiger charge is -2.04. The van der Waals surface area contributed by atoms with Gasteiger partial charge in [0.05, 0.1) is 4.88 Å². The van der Waals surface area contributed by atoms with Gasteiger partial charge in [-0.1, -0.05) is 13.3 Å². The molecule has 19 heavy (non-hydrogen) atoms. The zero-order valence-corrected chi connectivity index (χ0v) is 12.1. The van der Waals surface area contributed by atoms with Crippen molar-refractivity contribution < 1.29 is 9.59 Å². The number of fused-ring (bicyclic) bond motifs is 1. The molecule has 2 amide bonds. The van der Waals surface area contributed by atoms with Crippen molar-refractivity contribution in [3.8, 4) is 0 Å². The second kappa shape index (κ2) is 6.70. The van der Waals surface area contributed by atoms with E-state index in [1.807, 2.05) is 13.0 Å². The Bertz CT molecular complexity index is 445. The maximum Gasteiger partial charge on any atom is 0.279 e. The molecule has 1 aromatic rings. The number of hydrazine groups is 1. The average molecular weight is 280 g/mol. The predicted molar refractivity (Wildman–Crippen MR) is 76.1 cm³/mol. The Hall–Kier alpha value is -1.36. The van der Waals surface area contributed by atoms with Gasteiger partial charge in [-0.15, -0.1) is 11.3 Å². The summed E-state index contributed by atoms with van der Waals surface area (Å²) in [5, 5.41) is 0. The lowest BCUT2D eigenvalue weighted by atomic mass is 10.1. The first-order valence-corrected chi connectivity index (χ1v) is 7.73. The van der Waals surface area contributed by atoms with Crippen LogP contribution >= 0.6 is 11.3 Å². The third kappa shape index (κ3) is 3.80. The standard InChI is InChI=1S/C14H20N2O2S/c1-2-6-13(17)15-16-14(18)12-9-10-7-4-3-5-8-11(10)19-12/h9H,2-8H2,1H3,(H,15,17)(H,16,18). The van der Waals surface area contributed by atoms with E-state index >= 15 is 0 Å². The van der Waals surface area contributed by atoms with E-state index in [1.54, 1.807) is 11.3 Å². The maximum absolute atomic E-state index is 11.9. The Morgan fingerprint density at radius 3 is 2.79 bits per heavy atom. The van der Waals surface area contributed by atoms with E-state index in [0.717, 1.165) is 19.3 Å². The third-order valence-electron chi connectivity index (χ3n) is 3.26. The molecule has 0 fully saturated rings.